The van der Waals surface area contributed by atoms with Gasteiger partial charge in [-0.15, -0.1) is 0 Å². The molecule has 0 atom stereocenters. The van der Waals surface area contributed by atoms with Gasteiger partial charge in [-0.25, -0.2) is 0 Å². The second-order valence-corrected chi connectivity index (χ2v) is 6.98. The fourth-order valence-corrected chi connectivity index (χ4v) is 3.91. The lowest BCUT2D eigenvalue weighted by atomic mass is 9.77. The summed E-state index contributed by atoms with van der Waals surface area (Å²) in [6, 6.07) is 0. The summed E-state index contributed by atoms with van der Waals surface area (Å²) >= 11 is 5.23. The Labute approximate surface area is 134 Å². The Balaban J connectivity index is 2.90. The largest absolute Gasteiger partial charge is 0.392 e. The number of carbonyl (C=O) groups is 1. The van der Waals surface area contributed by atoms with E-state index in [0.717, 1.165) is 38.5 Å². The van der Waals surface area contributed by atoms with Crippen LogP contribution in [0.15, 0.2) is 0 Å². The van der Waals surface area contributed by atoms with Crippen LogP contribution in [0.5, 0.6) is 0 Å². The lowest BCUT2D eigenvalue weighted by Gasteiger charge is -2.37. The van der Waals surface area contributed by atoms with Crippen LogP contribution in [0.4, 0.5) is 0 Å². The fraction of sp³-hybridized carbons (Fsp3) is 0.875. The molecule has 0 aromatic rings. The predicted molar refractivity (Wildman–Crippen MR) is 90.1 cm³/mol. The number of amides is 1. The first-order chi connectivity index (χ1) is 9.81. The van der Waals surface area contributed by atoms with Gasteiger partial charge in [-0.3, -0.25) is 4.79 Å². The topological polar surface area (TPSA) is 66.6 Å². The number of hydrogen-bond acceptors (Lipinski definition) is 3. The van der Waals surface area contributed by atoms with Crippen LogP contribution in [-0.4, -0.2) is 40.1 Å². The highest BCUT2D eigenvalue weighted by molar-refractivity contribution is 7.80. The molecule has 0 radical (unpaired) electrons. The van der Waals surface area contributed by atoms with Gasteiger partial charge in [0.2, 0.25) is 5.91 Å². The molecule has 5 heteroatoms. The van der Waals surface area contributed by atoms with Crippen molar-refractivity contribution in [3.05, 3.63) is 0 Å². The maximum Gasteiger partial charge on any atom is 0.235 e. The van der Waals surface area contributed by atoms with Crippen LogP contribution in [0.2, 0.25) is 0 Å². The zero-order valence-corrected chi connectivity index (χ0v) is 14.5. The van der Waals surface area contributed by atoms with Crippen molar-refractivity contribution in [1.29, 1.82) is 0 Å². The molecule has 0 aliphatic heterocycles. The van der Waals surface area contributed by atoms with E-state index in [2.05, 4.69) is 0 Å². The minimum Gasteiger partial charge on any atom is -0.392 e. The summed E-state index contributed by atoms with van der Waals surface area (Å²) in [5.74, 6) is -0.0287. The van der Waals surface area contributed by atoms with Gasteiger partial charge >= 0.3 is 0 Å². The summed E-state index contributed by atoms with van der Waals surface area (Å²) in [4.78, 5) is 14.9. The first-order valence-corrected chi connectivity index (χ1v) is 8.50. The molecule has 0 saturated heterocycles. The summed E-state index contributed by atoms with van der Waals surface area (Å²) in [5, 5.41) is 10.5. The average molecular weight is 314 g/mol. The van der Waals surface area contributed by atoms with Crippen LogP contribution >= 0.6 is 12.2 Å². The minimum atomic E-state index is -0.747. The van der Waals surface area contributed by atoms with E-state index in [4.69, 9.17) is 18.0 Å². The lowest BCUT2D eigenvalue weighted by molar-refractivity contribution is -0.141. The van der Waals surface area contributed by atoms with Crippen LogP contribution in [0.25, 0.3) is 0 Å². The number of nitrogens with zero attached hydrogens (tertiary/aromatic N) is 1. The zero-order chi connectivity index (χ0) is 16.1. The third-order valence-electron chi connectivity index (χ3n) is 4.65. The quantitative estimate of drug-likeness (QED) is 0.676. The zero-order valence-electron chi connectivity index (χ0n) is 13.7. The van der Waals surface area contributed by atoms with Crippen LogP contribution < -0.4 is 5.73 Å². The van der Waals surface area contributed by atoms with Crippen molar-refractivity contribution in [2.75, 3.05) is 13.6 Å². The summed E-state index contributed by atoms with van der Waals surface area (Å²) in [7, 11) is 1.76. The molecule has 3 N–H and O–H groups in total. The van der Waals surface area contributed by atoms with Crippen LogP contribution in [-0.2, 0) is 4.79 Å². The molecule has 1 rings (SSSR count). The number of aliphatic hydroxyl groups is 1. The third kappa shape index (κ3) is 4.16. The average Bonchev–Trinajstić information content (AvgIpc) is 2.83. The molecule has 0 aromatic heterocycles. The maximum absolute atomic E-state index is 13.0. The monoisotopic (exact) mass is 314 g/mol. The molecule has 0 spiro atoms. The first-order valence-electron chi connectivity index (χ1n) is 8.09. The summed E-state index contributed by atoms with van der Waals surface area (Å²) < 4.78 is 0. The van der Waals surface area contributed by atoms with E-state index in [1.165, 1.54) is 0 Å². The van der Waals surface area contributed by atoms with Crippen LogP contribution in [0.1, 0.15) is 65.2 Å². The lowest BCUT2D eigenvalue weighted by Crippen LogP contribution is -2.52. The standard InChI is InChI=1S/C16H30N2O2S/c1-4-8-16(9-5-2,13(17)21)14(19)18(3)12-15(20)10-6-7-11-15/h20H,4-12H2,1-3H3,(H2,17,21). The first kappa shape index (κ1) is 18.4. The van der Waals surface area contributed by atoms with E-state index in [0.29, 0.717) is 24.4 Å². The second kappa shape index (κ2) is 7.54. The van der Waals surface area contributed by atoms with Gasteiger partial charge in [0.05, 0.1) is 16.0 Å². The van der Waals surface area contributed by atoms with Crippen molar-refractivity contribution < 1.29 is 9.90 Å². The number of carbonyl (C=O) groups excluding carboxylic acids is 1. The van der Waals surface area contributed by atoms with E-state index in [9.17, 15) is 9.90 Å². The Morgan fingerprint density at radius 1 is 1.29 bits per heavy atom. The Morgan fingerprint density at radius 3 is 2.14 bits per heavy atom. The highest BCUT2D eigenvalue weighted by Gasteiger charge is 2.43. The van der Waals surface area contributed by atoms with Crippen LogP contribution in [0, 0.1) is 5.41 Å². The molecule has 0 unspecified atom stereocenters. The van der Waals surface area contributed by atoms with Gasteiger partial charge in [0.1, 0.15) is 0 Å². The van der Waals surface area contributed by atoms with E-state index < -0.39 is 11.0 Å². The molecular formula is C16H30N2O2S. The van der Waals surface area contributed by atoms with Gasteiger partial charge in [-0.05, 0) is 25.7 Å². The molecule has 1 saturated carbocycles. The second-order valence-electron chi connectivity index (χ2n) is 6.54. The third-order valence-corrected chi connectivity index (χ3v) is 5.04. The van der Waals surface area contributed by atoms with Crippen molar-refractivity contribution in [2.45, 2.75) is 70.8 Å². The predicted octanol–water partition coefficient (Wildman–Crippen LogP) is 2.62. The Morgan fingerprint density at radius 2 is 1.76 bits per heavy atom. The Kier molecular flexibility index (Phi) is 6.60. The number of hydrogen-bond donors (Lipinski definition) is 2. The SMILES string of the molecule is CCCC(CCC)(C(=O)N(C)CC1(O)CCCC1)C(N)=S. The molecule has 122 valence electrons. The van der Waals surface area contributed by atoms with Crippen molar-refractivity contribution in [3.8, 4) is 0 Å². The maximum atomic E-state index is 13.0. The molecule has 4 nitrogen and oxygen atoms in total. The van der Waals surface area contributed by atoms with Gasteiger partial charge in [0.15, 0.2) is 0 Å². The van der Waals surface area contributed by atoms with Gasteiger partial charge < -0.3 is 15.7 Å². The van der Waals surface area contributed by atoms with Gasteiger partial charge in [0, 0.05) is 13.6 Å². The Bertz CT molecular complexity index is 372. The normalized spacial score (nSPS) is 17.7. The summed E-state index contributed by atoms with van der Waals surface area (Å²) in [6.45, 7) is 4.46. The van der Waals surface area contributed by atoms with E-state index >= 15 is 0 Å². The molecule has 0 aromatic carbocycles. The summed E-state index contributed by atoms with van der Waals surface area (Å²) in [6.07, 6.45) is 6.68. The smallest absolute Gasteiger partial charge is 0.235 e. The highest BCUT2D eigenvalue weighted by atomic mass is 32.1. The molecule has 21 heavy (non-hydrogen) atoms. The molecule has 1 amide bonds. The minimum absolute atomic E-state index is 0.0287. The van der Waals surface area contributed by atoms with E-state index in [1.54, 1.807) is 11.9 Å². The molecule has 1 aliphatic carbocycles. The Hall–Kier alpha value is -0.680. The van der Waals surface area contributed by atoms with Crippen molar-refractivity contribution in [3.63, 3.8) is 0 Å². The van der Waals surface area contributed by atoms with Crippen molar-refractivity contribution >= 4 is 23.1 Å². The number of likely N-dealkylation sites (N-methyl/N-ethyl adjacent to an activating group) is 1. The van der Waals surface area contributed by atoms with Gasteiger partial charge in [0.25, 0.3) is 0 Å². The van der Waals surface area contributed by atoms with Crippen molar-refractivity contribution in [2.24, 2.45) is 11.1 Å². The molecule has 1 fully saturated rings. The summed E-state index contributed by atoms with van der Waals surface area (Å²) in [5.41, 5.74) is 4.47. The molecular weight excluding hydrogens is 284 g/mol. The highest BCUT2D eigenvalue weighted by Crippen LogP contribution is 2.35. The number of rotatable bonds is 8. The van der Waals surface area contributed by atoms with Gasteiger partial charge in [-0.2, -0.15) is 0 Å². The number of thiocarbonyl (C=S) groups is 1. The van der Waals surface area contributed by atoms with Crippen LogP contribution in [0.3, 0.4) is 0 Å². The number of nitrogens with two attached hydrogens (primary N) is 1. The molecule has 0 bridgehead atoms. The van der Waals surface area contributed by atoms with E-state index in [-0.39, 0.29) is 5.91 Å². The van der Waals surface area contributed by atoms with E-state index in [1.807, 2.05) is 13.8 Å². The molecule has 1 aliphatic rings. The van der Waals surface area contributed by atoms with Gasteiger partial charge in [-0.1, -0.05) is 51.7 Å². The fourth-order valence-electron chi connectivity index (χ4n) is 3.61. The van der Waals surface area contributed by atoms with Crippen molar-refractivity contribution in [1.82, 2.24) is 4.90 Å². The molecule has 0 heterocycles.